The van der Waals surface area contributed by atoms with E-state index in [0.717, 1.165) is 80.7 Å². The van der Waals surface area contributed by atoms with Gasteiger partial charge in [0.15, 0.2) is 0 Å². The number of likely N-dealkylation sites (tertiary alicyclic amines) is 1. The second-order valence-electron chi connectivity index (χ2n) is 15.4. The Morgan fingerprint density at radius 3 is 2.54 bits per heavy atom. The number of nitrogens with zero attached hydrogens (tertiary/aromatic N) is 2. The highest BCUT2D eigenvalue weighted by molar-refractivity contribution is 6.01. The van der Waals surface area contributed by atoms with Crippen LogP contribution in [0.1, 0.15) is 94.1 Å². The molecule has 4 atom stereocenters. The van der Waals surface area contributed by atoms with Crippen LogP contribution in [0.5, 0.6) is 11.5 Å². The molecule has 0 bridgehead atoms. The van der Waals surface area contributed by atoms with Gasteiger partial charge in [-0.25, -0.2) is 0 Å². The number of hydrogen-bond acceptors (Lipinski definition) is 6. The lowest BCUT2D eigenvalue weighted by Gasteiger charge is -2.35. The third-order valence-corrected chi connectivity index (χ3v) is 11.8. The van der Waals surface area contributed by atoms with Crippen LogP contribution in [-0.4, -0.2) is 71.7 Å². The molecule has 8 rings (SSSR count). The fourth-order valence-corrected chi connectivity index (χ4v) is 9.09. The average Bonchev–Trinajstić information content (AvgIpc) is 3.51. The standard InChI is InChI=1S/C46H51N3O5/c1-31-10-21-43(45(51)47-31)49-29-36-27-32(11-18-42(36)46(49)52)22-26-54-39-9-5-23-48(30-39)24-6-25-53-38-16-12-34(13-17-38)44-40(33-7-3-2-4-8-33)19-14-35-28-37(50)15-20-41(35)44/h2-4,7-8,11-13,15-18,20,27-28,39-40,43-44,50H,1,5-6,9-10,14,19,21-26,29-30H2,(H,47,51)/t39?,40-,43+,44+/m1/s1. The van der Waals surface area contributed by atoms with Crippen molar-refractivity contribution in [3.8, 4) is 11.5 Å². The summed E-state index contributed by atoms with van der Waals surface area (Å²) in [6.45, 7) is 8.63. The summed E-state index contributed by atoms with van der Waals surface area (Å²) in [6, 6.07) is 30.9. The first-order chi connectivity index (χ1) is 26.4. The molecule has 2 fully saturated rings. The number of piperidine rings is 2. The highest BCUT2D eigenvalue weighted by atomic mass is 16.5. The zero-order valence-corrected chi connectivity index (χ0v) is 31.1. The Balaban J connectivity index is 0.787. The number of rotatable bonds is 12. The quantitative estimate of drug-likeness (QED) is 0.147. The number of carbonyl (C=O) groups excluding carboxylic acids is 2. The van der Waals surface area contributed by atoms with Crippen molar-refractivity contribution in [2.24, 2.45) is 0 Å². The Bertz CT molecular complexity index is 1980. The van der Waals surface area contributed by atoms with Gasteiger partial charge in [-0.15, -0.1) is 0 Å². The molecule has 2 N–H and O–H groups in total. The van der Waals surface area contributed by atoms with E-state index in [9.17, 15) is 14.7 Å². The molecule has 54 heavy (non-hydrogen) atoms. The van der Waals surface area contributed by atoms with Crippen LogP contribution in [0.15, 0.2) is 103 Å². The predicted octanol–water partition coefficient (Wildman–Crippen LogP) is 7.49. The van der Waals surface area contributed by atoms with Gasteiger partial charge in [-0.05, 0) is 128 Å². The number of allylic oxidation sites excluding steroid dienone is 1. The first kappa shape index (κ1) is 36.1. The number of phenols is 1. The molecule has 4 aromatic carbocycles. The van der Waals surface area contributed by atoms with E-state index < -0.39 is 6.04 Å². The van der Waals surface area contributed by atoms with Gasteiger partial charge >= 0.3 is 0 Å². The number of aryl methyl sites for hydroxylation is 1. The molecule has 1 unspecified atom stereocenters. The molecular formula is C46H51N3O5. The van der Waals surface area contributed by atoms with Crippen molar-refractivity contribution in [2.45, 2.75) is 81.9 Å². The normalized spacial score (nSPS) is 22.8. The van der Waals surface area contributed by atoms with E-state index >= 15 is 0 Å². The van der Waals surface area contributed by atoms with Crippen molar-refractivity contribution in [1.29, 1.82) is 0 Å². The number of hydrogen-bond donors (Lipinski definition) is 2. The second-order valence-corrected chi connectivity index (χ2v) is 15.4. The van der Waals surface area contributed by atoms with Crippen molar-refractivity contribution < 1.29 is 24.2 Å². The van der Waals surface area contributed by atoms with Crippen LogP contribution in [0.25, 0.3) is 0 Å². The molecule has 4 aliphatic rings. The third-order valence-electron chi connectivity index (χ3n) is 11.8. The molecule has 0 aromatic heterocycles. The van der Waals surface area contributed by atoms with Crippen LogP contribution in [-0.2, 0) is 28.9 Å². The van der Waals surface area contributed by atoms with Gasteiger partial charge in [-0.3, -0.25) is 9.59 Å². The van der Waals surface area contributed by atoms with Gasteiger partial charge in [0.25, 0.3) is 5.91 Å². The lowest BCUT2D eigenvalue weighted by Crippen LogP contribution is -2.49. The maximum absolute atomic E-state index is 13.1. The molecule has 0 spiro atoms. The topological polar surface area (TPSA) is 91.3 Å². The molecule has 3 aliphatic heterocycles. The number of nitrogens with one attached hydrogen (secondary N) is 1. The molecule has 1 aliphatic carbocycles. The number of aromatic hydroxyl groups is 1. The summed E-state index contributed by atoms with van der Waals surface area (Å²) in [6.07, 6.45) is 7.47. The highest BCUT2D eigenvalue weighted by Crippen LogP contribution is 2.47. The van der Waals surface area contributed by atoms with Crippen LogP contribution >= 0.6 is 0 Å². The molecule has 3 heterocycles. The van der Waals surface area contributed by atoms with Gasteiger partial charge in [-0.2, -0.15) is 0 Å². The molecular weight excluding hydrogens is 675 g/mol. The van der Waals surface area contributed by atoms with Gasteiger partial charge in [0.05, 0.1) is 19.3 Å². The highest BCUT2D eigenvalue weighted by Gasteiger charge is 2.38. The number of benzene rings is 4. The molecule has 0 saturated carbocycles. The Labute approximate surface area is 318 Å². The largest absolute Gasteiger partial charge is 0.508 e. The van der Waals surface area contributed by atoms with Gasteiger partial charge in [0, 0.05) is 36.8 Å². The smallest absolute Gasteiger partial charge is 0.255 e. The first-order valence-electron chi connectivity index (χ1n) is 19.7. The molecule has 4 aromatic rings. The number of amides is 2. The second kappa shape index (κ2) is 16.2. The van der Waals surface area contributed by atoms with Crippen molar-refractivity contribution in [3.63, 3.8) is 0 Å². The van der Waals surface area contributed by atoms with Gasteiger partial charge in [0.1, 0.15) is 17.5 Å². The fourth-order valence-electron chi connectivity index (χ4n) is 9.09. The van der Waals surface area contributed by atoms with E-state index in [1.54, 1.807) is 4.90 Å². The lowest BCUT2D eigenvalue weighted by atomic mass is 9.69. The van der Waals surface area contributed by atoms with Crippen LogP contribution in [0.3, 0.4) is 0 Å². The van der Waals surface area contributed by atoms with Gasteiger partial charge < -0.3 is 29.7 Å². The predicted molar refractivity (Wildman–Crippen MR) is 210 cm³/mol. The zero-order valence-electron chi connectivity index (χ0n) is 31.1. The minimum absolute atomic E-state index is 0.0624. The minimum Gasteiger partial charge on any atom is -0.508 e. The van der Waals surface area contributed by atoms with Gasteiger partial charge in [-0.1, -0.05) is 67.2 Å². The lowest BCUT2D eigenvalue weighted by molar-refractivity contribution is -0.126. The van der Waals surface area contributed by atoms with Gasteiger partial charge in [0.2, 0.25) is 5.91 Å². The summed E-state index contributed by atoms with van der Waals surface area (Å²) < 4.78 is 12.6. The Morgan fingerprint density at radius 1 is 0.852 bits per heavy atom. The number of phenolic OH excluding ortho intramolecular Hbond substituents is 1. The number of carbonyl (C=O) groups is 2. The molecule has 8 nitrogen and oxygen atoms in total. The van der Waals surface area contributed by atoms with Crippen LogP contribution in [0, 0.1) is 0 Å². The molecule has 8 heteroatoms. The van der Waals surface area contributed by atoms with Crippen LogP contribution in [0.2, 0.25) is 0 Å². The average molecular weight is 726 g/mol. The number of ether oxygens (including phenoxy) is 2. The molecule has 0 radical (unpaired) electrons. The van der Waals surface area contributed by atoms with E-state index in [0.29, 0.717) is 49.8 Å². The summed E-state index contributed by atoms with van der Waals surface area (Å²) in [5.74, 6) is 1.64. The van der Waals surface area contributed by atoms with E-state index in [4.69, 9.17) is 9.47 Å². The first-order valence-corrected chi connectivity index (χ1v) is 19.7. The van der Waals surface area contributed by atoms with E-state index in [1.165, 1.54) is 22.3 Å². The van der Waals surface area contributed by atoms with Crippen molar-refractivity contribution in [1.82, 2.24) is 15.1 Å². The summed E-state index contributed by atoms with van der Waals surface area (Å²) in [7, 11) is 0. The van der Waals surface area contributed by atoms with E-state index in [1.807, 2.05) is 24.3 Å². The number of fused-ring (bicyclic) bond motifs is 2. The summed E-state index contributed by atoms with van der Waals surface area (Å²) >= 11 is 0. The maximum atomic E-state index is 13.1. The Kier molecular flexibility index (Phi) is 10.8. The molecule has 2 amide bonds. The van der Waals surface area contributed by atoms with Crippen LogP contribution < -0.4 is 10.1 Å². The third kappa shape index (κ3) is 7.96. The monoisotopic (exact) mass is 725 g/mol. The molecule has 2 saturated heterocycles. The Hall–Kier alpha value is -4.92. The summed E-state index contributed by atoms with van der Waals surface area (Å²) in [5, 5.41) is 13.0. The fraction of sp³-hybridized carbons (Fsp3) is 0.391. The van der Waals surface area contributed by atoms with Crippen molar-refractivity contribution >= 4 is 11.8 Å². The SMILES string of the molecule is C=C1CC[C@H](N2Cc3cc(CCOC4CCCN(CCCOc5ccc([C@@H]6c7ccc(O)cc7CC[C@@H]6c6ccccc6)cc5)C4)ccc3C2=O)C(=O)N1. The van der Waals surface area contributed by atoms with E-state index in [2.05, 4.69) is 83.5 Å². The van der Waals surface area contributed by atoms with E-state index in [-0.39, 0.29) is 23.8 Å². The maximum Gasteiger partial charge on any atom is 0.255 e. The summed E-state index contributed by atoms with van der Waals surface area (Å²) in [4.78, 5) is 29.8. The van der Waals surface area contributed by atoms with Crippen molar-refractivity contribution in [2.75, 3.05) is 32.8 Å². The Morgan fingerprint density at radius 2 is 1.70 bits per heavy atom. The summed E-state index contributed by atoms with van der Waals surface area (Å²) in [5.41, 5.74) is 8.74. The van der Waals surface area contributed by atoms with Crippen LogP contribution in [0.4, 0.5) is 0 Å². The van der Waals surface area contributed by atoms with Crippen molar-refractivity contribution in [3.05, 3.63) is 142 Å². The molecule has 280 valence electrons. The minimum atomic E-state index is -0.438. The zero-order chi connectivity index (χ0) is 37.0.